The van der Waals surface area contributed by atoms with E-state index in [1.54, 1.807) is 52.0 Å². The van der Waals surface area contributed by atoms with Crippen LogP contribution in [0.5, 0.6) is 0 Å². The summed E-state index contributed by atoms with van der Waals surface area (Å²) in [5, 5.41) is 0. The van der Waals surface area contributed by atoms with Crippen LogP contribution in [0.4, 0.5) is 13.6 Å². The molecule has 1 heterocycles. The molecule has 1 aliphatic heterocycles. The fourth-order valence-corrected chi connectivity index (χ4v) is 2.08. The fraction of sp³-hybridized carbons (Fsp3) is 0.588. The van der Waals surface area contributed by atoms with Crippen molar-refractivity contribution in [2.75, 3.05) is 13.1 Å². The molecule has 0 aromatic carbocycles. The molecule has 0 aromatic rings. The predicted molar refractivity (Wildman–Crippen MR) is 85.3 cm³/mol. The van der Waals surface area contributed by atoms with Gasteiger partial charge in [-0.25, -0.2) is 13.6 Å². The van der Waals surface area contributed by atoms with Crippen molar-refractivity contribution in [2.24, 2.45) is 0 Å². The number of halogens is 2. The van der Waals surface area contributed by atoms with E-state index < -0.39 is 30.3 Å². The first kappa shape index (κ1) is 19.2. The van der Waals surface area contributed by atoms with Crippen LogP contribution in [-0.4, -0.2) is 41.7 Å². The molecule has 0 spiro atoms. The van der Waals surface area contributed by atoms with Crippen molar-refractivity contribution in [1.29, 1.82) is 0 Å². The quantitative estimate of drug-likeness (QED) is 0.570. The summed E-state index contributed by atoms with van der Waals surface area (Å²) in [4.78, 5) is 12.9. The molecule has 1 atom stereocenters. The van der Waals surface area contributed by atoms with E-state index in [4.69, 9.17) is 9.47 Å². The molecule has 130 valence electrons. The molecule has 1 fully saturated rings. The Kier molecular flexibility index (Phi) is 6.36. The average Bonchev–Trinajstić information content (AvgIpc) is 2.39. The van der Waals surface area contributed by atoms with Gasteiger partial charge in [-0.1, -0.05) is 24.8 Å². The highest BCUT2D eigenvalue weighted by molar-refractivity contribution is 5.68. The first-order valence-electron chi connectivity index (χ1n) is 7.53. The van der Waals surface area contributed by atoms with Crippen LogP contribution in [0.25, 0.3) is 0 Å². The van der Waals surface area contributed by atoms with E-state index in [2.05, 4.69) is 6.58 Å². The summed E-state index contributed by atoms with van der Waals surface area (Å²) in [6, 6.07) is 0. The zero-order valence-electron chi connectivity index (χ0n) is 14.1. The Hall–Kier alpha value is -1.85. The Balaban J connectivity index is 2.67. The van der Waals surface area contributed by atoms with Crippen molar-refractivity contribution in [2.45, 2.75) is 51.7 Å². The second kappa shape index (κ2) is 7.62. The molecule has 1 saturated heterocycles. The Morgan fingerprint density at radius 3 is 2.52 bits per heavy atom. The van der Waals surface area contributed by atoms with Crippen molar-refractivity contribution >= 4 is 6.09 Å². The highest BCUT2D eigenvalue weighted by Gasteiger charge is 2.48. The van der Waals surface area contributed by atoms with Crippen LogP contribution in [0.3, 0.4) is 0 Å². The van der Waals surface area contributed by atoms with E-state index in [0.29, 0.717) is 5.76 Å². The zero-order valence-corrected chi connectivity index (χ0v) is 14.1. The van der Waals surface area contributed by atoms with Crippen LogP contribution in [0, 0.1) is 0 Å². The number of rotatable bonds is 4. The Morgan fingerprint density at radius 2 is 2.00 bits per heavy atom. The predicted octanol–water partition coefficient (Wildman–Crippen LogP) is 4.29. The van der Waals surface area contributed by atoms with Gasteiger partial charge in [-0.2, -0.15) is 0 Å². The summed E-state index contributed by atoms with van der Waals surface area (Å²) in [7, 11) is 0. The van der Waals surface area contributed by atoms with Crippen LogP contribution in [0.15, 0.2) is 36.6 Å². The number of hydrogen-bond donors (Lipinski definition) is 0. The molecular formula is C17H25F2NO3. The second-order valence-corrected chi connectivity index (χ2v) is 6.46. The second-order valence-electron chi connectivity index (χ2n) is 6.46. The molecule has 4 nitrogen and oxygen atoms in total. The molecule has 0 N–H and O–H groups in total. The minimum absolute atomic E-state index is 0.0442. The summed E-state index contributed by atoms with van der Waals surface area (Å²) < 4.78 is 38.9. The van der Waals surface area contributed by atoms with Gasteiger partial charge in [0, 0.05) is 13.0 Å². The Labute approximate surface area is 136 Å². The molecule has 1 rings (SSSR count). The lowest BCUT2D eigenvalue weighted by molar-refractivity contribution is -0.155. The molecule has 0 aliphatic carbocycles. The summed E-state index contributed by atoms with van der Waals surface area (Å²) in [5.41, 5.74) is -0.712. The first-order chi connectivity index (χ1) is 10.5. The highest BCUT2D eigenvalue weighted by atomic mass is 19.3. The maximum absolute atomic E-state index is 14.2. The Morgan fingerprint density at radius 1 is 1.35 bits per heavy atom. The van der Waals surface area contributed by atoms with Gasteiger partial charge < -0.3 is 14.4 Å². The van der Waals surface area contributed by atoms with E-state index in [-0.39, 0.29) is 13.0 Å². The summed E-state index contributed by atoms with van der Waals surface area (Å²) in [5.74, 6) is -2.75. The number of alkyl halides is 2. The lowest BCUT2D eigenvalue weighted by Gasteiger charge is -2.38. The lowest BCUT2D eigenvalue weighted by atomic mass is 10.0. The number of piperidine rings is 1. The van der Waals surface area contributed by atoms with Crippen LogP contribution >= 0.6 is 0 Å². The average molecular weight is 329 g/mol. The molecule has 0 radical (unpaired) electrons. The number of likely N-dealkylation sites (tertiary alicyclic amines) is 1. The first-order valence-corrected chi connectivity index (χ1v) is 7.53. The summed E-state index contributed by atoms with van der Waals surface area (Å²) in [6.07, 6.45) is 4.58. The van der Waals surface area contributed by atoms with Crippen LogP contribution in [-0.2, 0) is 9.47 Å². The molecule has 1 amide bonds. The van der Waals surface area contributed by atoms with Crippen LogP contribution < -0.4 is 0 Å². The highest BCUT2D eigenvalue weighted by Crippen LogP contribution is 2.31. The standard InChI is InChI=1S/C17H25F2NO3/c1-6-7-8-9-13(2)22-14-10-11-20(12-17(14,18)19)15(21)23-16(3,4)5/h6-9,14H,1,10-12H2,2-5H3/b8-7-,13-9+. The maximum Gasteiger partial charge on any atom is 0.410 e. The largest absolute Gasteiger partial charge is 0.489 e. The number of carbonyl (C=O) groups excluding carboxylic acids is 1. The fourth-order valence-electron chi connectivity index (χ4n) is 2.08. The molecule has 0 bridgehead atoms. The lowest BCUT2D eigenvalue weighted by Crippen LogP contribution is -2.54. The van der Waals surface area contributed by atoms with Gasteiger partial charge in [-0.05, 0) is 33.8 Å². The number of hydrogen-bond acceptors (Lipinski definition) is 3. The van der Waals surface area contributed by atoms with Gasteiger partial charge >= 0.3 is 12.0 Å². The molecule has 23 heavy (non-hydrogen) atoms. The SMILES string of the molecule is C=C/C=C\C=C(/C)OC1CCN(C(=O)OC(C)(C)C)CC1(F)F. The van der Waals surface area contributed by atoms with Gasteiger partial charge in [0.15, 0.2) is 6.10 Å². The van der Waals surface area contributed by atoms with Gasteiger partial charge in [-0.3, -0.25) is 0 Å². The van der Waals surface area contributed by atoms with Gasteiger partial charge in [0.25, 0.3) is 0 Å². The van der Waals surface area contributed by atoms with Crippen LogP contribution in [0.2, 0.25) is 0 Å². The summed E-state index contributed by atoms with van der Waals surface area (Å²) >= 11 is 0. The van der Waals surface area contributed by atoms with Gasteiger partial charge in [0.1, 0.15) is 5.60 Å². The zero-order chi connectivity index (χ0) is 17.7. The number of carbonyl (C=O) groups is 1. The minimum Gasteiger partial charge on any atom is -0.489 e. The minimum atomic E-state index is -3.13. The van der Waals surface area contributed by atoms with Gasteiger partial charge in [-0.15, -0.1) is 0 Å². The molecule has 0 aromatic heterocycles. The van der Waals surface area contributed by atoms with E-state index in [0.717, 1.165) is 4.90 Å². The van der Waals surface area contributed by atoms with Crippen molar-refractivity contribution in [3.8, 4) is 0 Å². The molecular weight excluding hydrogens is 304 g/mol. The van der Waals surface area contributed by atoms with Crippen LogP contribution in [0.1, 0.15) is 34.1 Å². The van der Waals surface area contributed by atoms with E-state index in [1.807, 2.05) is 0 Å². The molecule has 6 heteroatoms. The topological polar surface area (TPSA) is 38.8 Å². The summed E-state index contributed by atoms with van der Waals surface area (Å²) in [6.45, 7) is 9.70. The number of amides is 1. The molecule has 0 saturated carbocycles. The maximum atomic E-state index is 14.2. The third-order valence-corrected chi connectivity index (χ3v) is 3.09. The van der Waals surface area contributed by atoms with E-state index >= 15 is 0 Å². The molecule has 1 unspecified atom stereocenters. The number of ether oxygens (including phenoxy) is 2. The van der Waals surface area contributed by atoms with Crippen molar-refractivity contribution in [3.63, 3.8) is 0 Å². The number of allylic oxidation sites excluding steroid dienone is 5. The third kappa shape index (κ3) is 6.42. The van der Waals surface area contributed by atoms with Crippen molar-refractivity contribution in [1.82, 2.24) is 4.90 Å². The Bertz CT molecular complexity index is 493. The smallest absolute Gasteiger partial charge is 0.410 e. The van der Waals surface area contributed by atoms with Crippen molar-refractivity contribution < 1.29 is 23.0 Å². The van der Waals surface area contributed by atoms with E-state index in [9.17, 15) is 13.6 Å². The van der Waals surface area contributed by atoms with E-state index in [1.165, 1.54) is 0 Å². The van der Waals surface area contributed by atoms with Gasteiger partial charge in [0.05, 0.1) is 12.3 Å². The molecule has 1 aliphatic rings. The van der Waals surface area contributed by atoms with Crippen molar-refractivity contribution in [3.05, 3.63) is 36.6 Å². The monoisotopic (exact) mass is 329 g/mol. The normalized spacial score (nSPS) is 22.1. The number of nitrogens with zero attached hydrogens (tertiary/aromatic N) is 1. The van der Waals surface area contributed by atoms with Gasteiger partial charge in [0.2, 0.25) is 0 Å². The third-order valence-electron chi connectivity index (χ3n) is 3.09.